The zero-order valence-corrected chi connectivity index (χ0v) is 8.09. The highest BCUT2D eigenvalue weighted by atomic mass is 16.7. The van der Waals surface area contributed by atoms with Crippen LogP contribution in [0.25, 0.3) is 0 Å². The van der Waals surface area contributed by atoms with Gasteiger partial charge in [0.2, 0.25) is 0 Å². The summed E-state index contributed by atoms with van der Waals surface area (Å²) in [5, 5.41) is 0. The Bertz CT molecular complexity index is 81.6. The van der Waals surface area contributed by atoms with Crippen molar-refractivity contribution in [3.8, 4) is 0 Å². The Labute approximate surface area is 69.9 Å². The van der Waals surface area contributed by atoms with Crippen LogP contribution in [0.15, 0.2) is 0 Å². The van der Waals surface area contributed by atoms with Crippen molar-refractivity contribution in [2.24, 2.45) is 5.92 Å². The summed E-state index contributed by atoms with van der Waals surface area (Å²) in [5.41, 5.74) is 0. The molecule has 0 aromatic rings. The molecule has 1 unspecified atom stereocenters. The summed E-state index contributed by atoms with van der Waals surface area (Å²) in [6.07, 6.45) is 2.17. The van der Waals surface area contributed by atoms with E-state index >= 15 is 0 Å². The zero-order valence-electron chi connectivity index (χ0n) is 8.09. The lowest BCUT2D eigenvalue weighted by Crippen LogP contribution is -2.15. The molecule has 2 heteroatoms. The molecular formula is C9H20O2. The van der Waals surface area contributed by atoms with Gasteiger partial charge in [0.15, 0.2) is 6.29 Å². The first-order chi connectivity index (χ1) is 5.20. The maximum atomic E-state index is 5.32. The molecule has 0 rings (SSSR count). The molecule has 0 N–H and O–H groups in total. The Morgan fingerprint density at radius 3 is 2.18 bits per heavy atom. The van der Waals surface area contributed by atoms with E-state index in [4.69, 9.17) is 9.47 Å². The second-order valence-electron chi connectivity index (χ2n) is 3.09. The Morgan fingerprint density at radius 2 is 1.82 bits per heavy atom. The number of methoxy groups -OCH3 is 1. The quantitative estimate of drug-likeness (QED) is 0.556. The number of ether oxygens (including phenoxy) is 2. The van der Waals surface area contributed by atoms with Gasteiger partial charge in [0.05, 0.1) is 0 Å². The van der Waals surface area contributed by atoms with E-state index in [1.807, 2.05) is 6.92 Å². The second-order valence-corrected chi connectivity index (χ2v) is 3.09. The van der Waals surface area contributed by atoms with E-state index in [2.05, 4.69) is 13.8 Å². The summed E-state index contributed by atoms with van der Waals surface area (Å²) in [5.74, 6) is 0.730. The van der Waals surface area contributed by atoms with E-state index in [1.54, 1.807) is 7.11 Å². The van der Waals surface area contributed by atoms with Crippen molar-refractivity contribution in [3.63, 3.8) is 0 Å². The van der Waals surface area contributed by atoms with Crippen LogP contribution in [0.5, 0.6) is 0 Å². The summed E-state index contributed by atoms with van der Waals surface area (Å²) >= 11 is 0. The average molecular weight is 160 g/mol. The molecule has 11 heavy (non-hydrogen) atoms. The Kier molecular flexibility index (Phi) is 6.57. The first kappa shape index (κ1) is 10.9. The van der Waals surface area contributed by atoms with Gasteiger partial charge in [0.1, 0.15) is 0 Å². The highest BCUT2D eigenvalue weighted by Gasteiger charge is 2.06. The molecule has 0 aliphatic rings. The van der Waals surface area contributed by atoms with E-state index in [-0.39, 0.29) is 6.29 Å². The van der Waals surface area contributed by atoms with Gasteiger partial charge >= 0.3 is 0 Å². The van der Waals surface area contributed by atoms with Gasteiger partial charge in [-0.2, -0.15) is 0 Å². The highest BCUT2D eigenvalue weighted by molar-refractivity contribution is 4.49. The number of hydrogen-bond donors (Lipinski definition) is 0. The van der Waals surface area contributed by atoms with Crippen LogP contribution in [0.1, 0.15) is 33.6 Å². The zero-order chi connectivity index (χ0) is 8.69. The van der Waals surface area contributed by atoms with Gasteiger partial charge in [-0.3, -0.25) is 0 Å². The molecular weight excluding hydrogens is 140 g/mol. The van der Waals surface area contributed by atoms with Crippen molar-refractivity contribution < 1.29 is 9.47 Å². The fourth-order valence-corrected chi connectivity index (χ4v) is 0.925. The van der Waals surface area contributed by atoms with Gasteiger partial charge in [0, 0.05) is 13.7 Å². The van der Waals surface area contributed by atoms with Gasteiger partial charge in [-0.15, -0.1) is 0 Å². The monoisotopic (exact) mass is 160 g/mol. The third-order valence-corrected chi connectivity index (χ3v) is 1.60. The Balaban J connectivity index is 3.35. The molecule has 0 saturated carbocycles. The predicted molar refractivity (Wildman–Crippen MR) is 46.5 cm³/mol. The number of hydrogen-bond acceptors (Lipinski definition) is 2. The van der Waals surface area contributed by atoms with E-state index in [9.17, 15) is 0 Å². The molecule has 0 aliphatic heterocycles. The van der Waals surface area contributed by atoms with Gasteiger partial charge in [-0.25, -0.2) is 0 Å². The van der Waals surface area contributed by atoms with Crippen molar-refractivity contribution in [2.45, 2.75) is 39.9 Å². The Morgan fingerprint density at radius 1 is 1.18 bits per heavy atom. The molecule has 0 fully saturated rings. The van der Waals surface area contributed by atoms with Crippen LogP contribution in [0.2, 0.25) is 0 Å². The topological polar surface area (TPSA) is 18.5 Å². The van der Waals surface area contributed by atoms with Gasteiger partial charge < -0.3 is 9.47 Å². The Hall–Kier alpha value is -0.0800. The molecule has 0 aromatic heterocycles. The lowest BCUT2D eigenvalue weighted by Gasteiger charge is -2.15. The molecule has 0 saturated heterocycles. The van der Waals surface area contributed by atoms with Crippen molar-refractivity contribution in [3.05, 3.63) is 0 Å². The van der Waals surface area contributed by atoms with E-state index in [0.29, 0.717) is 0 Å². The van der Waals surface area contributed by atoms with E-state index in [0.717, 1.165) is 18.9 Å². The summed E-state index contributed by atoms with van der Waals surface area (Å²) in [4.78, 5) is 0. The summed E-state index contributed by atoms with van der Waals surface area (Å²) in [6, 6.07) is 0. The van der Waals surface area contributed by atoms with Crippen molar-refractivity contribution in [2.75, 3.05) is 13.7 Å². The molecule has 0 aromatic carbocycles. The summed E-state index contributed by atoms with van der Waals surface area (Å²) in [6.45, 7) is 7.13. The first-order valence-electron chi connectivity index (χ1n) is 4.35. The van der Waals surface area contributed by atoms with Crippen LogP contribution in [0.3, 0.4) is 0 Å². The average Bonchev–Trinajstić information content (AvgIpc) is 1.97. The third-order valence-electron chi connectivity index (χ3n) is 1.60. The molecule has 0 aliphatic carbocycles. The van der Waals surface area contributed by atoms with Crippen LogP contribution in [-0.2, 0) is 9.47 Å². The molecule has 0 heterocycles. The minimum absolute atomic E-state index is 0.00222. The van der Waals surface area contributed by atoms with Crippen molar-refractivity contribution in [1.29, 1.82) is 0 Å². The van der Waals surface area contributed by atoms with Crippen molar-refractivity contribution in [1.82, 2.24) is 0 Å². The molecule has 0 bridgehead atoms. The van der Waals surface area contributed by atoms with Gasteiger partial charge in [0.25, 0.3) is 0 Å². The fraction of sp³-hybridized carbons (Fsp3) is 1.00. The smallest absolute Gasteiger partial charge is 0.157 e. The summed E-state index contributed by atoms with van der Waals surface area (Å²) in [7, 11) is 1.70. The molecule has 0 amide bonds. The first-order valence-corrected chi connectivity index (χ1v) is 4.35. The highest BCUT2D eigenvalue weighted by Crippen LogP contribution is 2.09. The van der Waals surface area contributed by atoms with Crippen LogP contribution in [0.4, 0.5) is 0 Å². The normalized spacial score (nSPS) is 13.9. The van der Waals surface area contributed by atoms with E-state index in [1.165, 1.54) is 6.42 Å². The van der Waals surface area contributed by atoms with Crippen LogP contribution in [0, 0.1) is 5.92 Å². The van der Waals surface area contributed by atoms with Crippen molar-refractivity contribution >= 4 is 0 Å². The standard InChI is InChI=1S/C9H20O2/c1-5-11-9(10-4)7-6-8(2)3/h8-9H,5-7H2,1-4H3. The third kappa shape index (κ3) is 6.32. The SMILES string of the molecule is CCOC(CCC(C)C)OC. The van der Waals surface area contributed by atoms with Crippen LogP contribution < -0.4 is 0 Å². The number of rotatable bonds is 6. The van der Waals surface area contributed by atoms with Gasteiger partial charge in [-0.1, -0.05) is 13.8 Å². The largest absolute Gasteiger partial charge is 0.356 e. The second kappa shape index (κ2) is 6.62. The summed E-state index contributed by atoms with van der Waals surface area (Å²) < 4.78 is 10.4. The molecule has 1 atom stereocenters. The molecule has 0 spiro atoms. The van der Waals surface area contributed by atoms with Crippen LogP contribution >= 0.6 is 0 Å². The fourth-order valence-electron chi connectivity index (χ4n) is 0.925. The molecule has 2 nitrogen and oxygen atoms in total. The maximum absolute atomic E-state index is 5.32. The minimum Gasteiger partial charge on any atom is -0.356 e. The molecule has 68 valence electrons. The van der Waals surface area contributed by atoms with Crippen LogP contribution in [-0.4, -0.2) is 20.0 Å². The predicted octanol–water partition coefficient (Wildman–Crippen LogP) is 2.43. The van der Waals surface area contributed by atoms with E-state index < -0.39 is 0 Å². The minimum atomic E-state index is 0.00222. The van der Waals surface area contributed by atoms with Gasteiger partial charge in [-0.05, 0) is 25.7 Å². The maximum Gasteiger partial charge on any atom is 0.157 e. The molecule has 0 radical (unpaired) electrons. The lowest BCUT2D eigenvalue weighted by atomic mass is 10.1. The lowest BCUT2D eigenvalue weighted by molar-refractivity contribution is -0.125.